The van der Waals surface area contributed by atoms with Gasteiger partial charge in [0.2, 0.25) is 0 Å². The number of methoxy groups -OCH3 is 1. The summed E-state index contributed by atoms with van der Waals surface area (Å²) in [7, 11) is 1.57. The molecule has 0 spiro atoms. The van der Waals surface area contributed by atoms with E-state index in [4.69, 9.17) is 27.9 Å². The van der Waals surface area contributed by atoms with Gasteiger partial charge in [0.1, 0.15) is 5.82 Å². The molecule has 1 aliphatic rings. The van der Waals surface area contributed by atoms with Gasteiger partial charge in [0.05, 0.1) is 29.2 Å². The van der Waals surface area contributed by atoms with E-state index in [1.54, 1.807) is 25.7 Å². The van der Waals surface area contributed by atoms with Gasteiger partial charge in [0.25, 0.3) is 0 Å². The van der Waals surface area contributed by atoms with E-state index in [0.717, 1.165) is 48.6 Å². The van der Waals surface area contributed by atoms with E-state index in [9.17, 15) is 0 Å². The van der Waals surface area contributed by atoms with Crippen LogP contribution in [0.2, 0.25) is 10.0 Å². The lowest BCUT2D eigenvalue weighted by Crippen LogP contribution is -2.34. The van der Waals surface area contributed by atoms with Crippen LogP contribution in [0.3, 0.4) is 0 Å². The number of aryl methyl sites for hydroxylation is 1. The number of ether oxygens (including phenoxy) is 1. The molecule has 2 aromatic heterocycles. The number of anilines is 1. The molecule has 0 aliphatic carbocycles. The molecule has 0 atom stereocenters. The lowest BCUT2D eigenvalue weighted by Gasteiger charge is -2.33. The highest BCUT2D eigenvalue weighted by atomic mass is 35.5. The van der Waals surface area contributed by atoms with Crippen LogP contribution >= 0.6 is 23.2 Å². The minimum absolute atomic E-state index is 0.351. The Hall–Kier alpha value is -2.31. The van der Waals surface area contributed by atoms with E-state index in [0.29, 0.717) is 22.0 Å². The Kier molecular flexibility index (Phi) is 5.42. The summed E-state index contributed by atoms with van der Waals surface area (Å²) in [6.45, 7) is 3.84. The van der Waals surface area contributed by atoms with Gasteiger partial charge in [-0.05, 0) is 37.5 Å². The smallest absolute Gasteiger partial charge is 0.318 e. The number of imidazole rings is 1. The monoisotopic (exact) mass is 417 g/mol. The van der Waals surface area contributed by atoms with Crippen molar-refractivity contribution in [1.82, 2.24) is 19.9 Å². The summed E-state index contributed by atoms with van der Waals surface area (Å²) >= 11 is 12.3. The maximum atomic E-state index is 6.23. The topological polar surface area (TPSA) is 66.9 Å². The van der Waals surface area contributed by atoms with Crippen LogP contribution in [0, 0.1) is 6.92 Å². The van der Waals surface area contributed by atoms with Gasteiger partial charge in [0, 0.05) is 36.5 Å². The number of aromatic nitrogens is 4. The molecule has 4 rings (SSSR count). The van der Waals surface area contributed by atoms with Gasteiger partial charge in [-0.2, -0.15) is 4.98 Å². The molecule has 3 heterocycles. The summed E-state index contributed by atoms with van der Waals surface area (Å²) in [5.41, 5.74) is 4.16. The number of hydrogen-bond acceptors (Lipinski definition) is 5. The van der Waals surface area contributed by atoms with Crippen molar-refractivity contribution in [2.75, 3.05) is 25.1 Å². The van der Waals surface area contributed by atoms with E-state index < -0.39 is 0 Å². The maximum absolute atomic E-state index is 6.23. The summed E-state index contributed by atoms with van der Waals surface area (Å²) in [6.07, 6.45) is 5.58. The average Bonchev–Trinajstić information content (AvgIpc) is 3.15. The molecule has 8 heteroatoms. The first-order chi connectivity index (χ1) is 13.6. The minimum Gasteiger partial charge on any atom is -0.467 e. The van der Waals surface area contributed by atoms with Gasteiger partial charge in [-0.25, -0.2) is 9.97 Å². The highest BCUT2D eigenvalue weighted by molar-refractivity contribution is 6.42. The number of H-pyrrole nitrogens is 1. The largest absolute Gasteiger partial charge is 0.467 e. The van der Waals surface area contributed by atoms with Gasteiger partial charge in [-0.3, -0.25) is 0 Å². The summed E-state index contributed by atoms with van der Waals surface area (Å²) in [5, 5.41) is 1.03. The number of rotatable bonds is 4. The normalized spacial score (nSPS) is 15.1. The highest BCUT2D eigenvalue weighted by Crippen LogP contribution is 2.37. The molecule has 146 valence electrons. The molecular weight excluding hydrogens is 397 g/mol. The van der Waals surface area contributed by atoms with Crippen molar-refractivity contribution in [3.63, 3.8) is 0 Å². The fourth-order valence-electron chi connectivity index (χ4n) is 3.71. The average molecular weight is 418 g/mol. The number of benzene rings is 1. The molecule has 0 amide bonds. The molecule has 6 nitrogen and oxygen atoms in total. The first kappa shape index (κ1) is 19.0. The molecule has 28 heavy (non-hydrogen) atoms. The maximum Gasteiger partial charge on any atom is 0.318 e. The first-order valence-electron chi connectivity index (χ1n) is 9.18. The van der Waals surface area contributed by atoms with Crippen molar-refractivity contribution in [3.8, 4) is 17.1 Å². The Balaban J connectivity index is 1.63. The fourth-order valence-corrected chi connectivity index (χ4v) is 4.01. The van der Waals surface area contributed by atoms with Crippen molar-refractivity contribution in [3.05, 3.63) is 52.2 Å². The van der Waals surface area contributed by atoms with Crippen LogP contribution in [0.4, 0.5) is 5.82 Å². The molecule has 1 fully saturated rings. The molecule has 0 saturated carbocycles. The second-order valence-electron chi connectivity index (χ2n) is 6.90. The minimum atomic E-state index is 0.351. The Labute approximate surface area is 173 Å². The van der Waals surface area contributed by atoms with Crippen molar-refractivity contribution < 1.29 is 4.74 Å². The van der Waals surface area contributed by atoms with Gasteiger partial charge >= 0.3 is 6.01 Å². The molecule has 1 saturated heterocycles. The lowest BCUT2D eigenvalue weighted by molar-refractivity contribution is 0.379. The Morgan fingerprint density at radius 2 is 1.93 bits per heavy atom. The van der Waals surface area contributed by atoms with Crippen LogP contribution in [0.15, 0.2) is 30.7 Å². The van der Waals surface area contributed by atoms with Crippen LogP contribution in [0.1, 0.15) is 30.1 Å². The molecule has 1 aliphatic heterocycles. The van der Waals surface area contributed by atoms with Crippen LogP contribution < -0.4 is 9.64 Å². The molecule has 1 N–H and O–H groups in total. The molecular formula is C20H21Cl2N5O. The van der Waals surface area contributed by atoms with Crippen molar-refractivity contribution >= 4 is 29.0 Å². The lowest BCUT2D eigenvalue weighted by atomic mass is 9.92. The number of hydrogen-bond donors (Lipinski definition) is 1. The zero-order valence-electron chi connectivity index (χ0n) is 15.7. The Morgan fingerprint density at radius 1 is 1.14 bits per heavy atom. The molecule has 0 radical (unpaired) electrons. The number of halogens is 2. The molecule has 0 unspecified atom stereocenters. The van der Waals surface area contributed by atoms with Crippen LogP contribution in [-0.4, -0.2) is 40.1 Å². The quantitative estimate of drug-likeness (QED) is 0.655. The number of piperidine rings is 1. The van der Waals surface area contributed by atoms with Gasteiger partial charge in [-0.15, -0.1) is 0 Å². The Morgan fingerprint density at radius 3 is 2.57 bits per heavy atom. The zero-order chi connectivity index (χ0) is 19.7. The molecule has 3 aromatic rings. The number of nitrogens with one attached hydrogen (secondary N) is 1. The van der Waals surface area contributed by atoms with Crippen molar-refractivity contribution in [2.45, 2.75) is 25.7 Å². The SMILES string of the molecule is COc1ncc(-c2ccc(Cl)c(Cl)c2)c(N2CCC(c3nc[nH]c3C)CC2)n1. The summed E-state index contributed by atoms with van der Waals surface area (Å²) < 4.78 is 5.26. The van der Waals surface area contributed by atoms with E-state index in [2.05, 4.69) is 31.8 Å². The summed E-state index contributed by atoms with van der Waals surface area (Å²) in [6, 6.07) is 5.92. The van der Waals surface area contributed by atoms with Crippen LogP contribution in [0.25, 0.3) is 11.1 Å². The van der Waals surface area contributed by atoms with E-state index in [1.807, 2.05) is 12.1 Å². The second-order valence-corrected chi connectivity index (χ2v) is 7.71. The van der Waals surface area contributed by atoms with E-state index >= 15 is 0 Å². The third-order valence-corrected chi connectivity index (χ3v) is 5.95. The predicted molar refractivity (Wildman–Crippen MR) is 112 cm³/mol. The third-order valence-electron chi connectivity index (χ3n) is 5.21. The number of aromatic amines is 1. The molecule has 0 bridgehead atoms. The molecule has 1 aromatic carbocycles. The van der Waals surface area contributed by atoms with E-state index in [-0.39, 0.29) is 0 Å². The Bertz CT molecular complexity index is 982. The second kappa shape index (κ2) is 7.97. The predicted octanol–water partition coefficient (Wildman–Crippen LogP) is 4.87. The first-order valence-corrected chi connectivity index (χ1v) is 9.93. The highest BCUT2D eigenvalue weighted by Gasteiger charge is 2.26. The van der Waals surface area contributed by atoms with E-state index in [1.165, 1.54) is 5.69 Å². The zero-order valence-corrected chi connectivity index (χ0v) is 17.3. The van der Waals surface area contributed by atoms with Crippen molar-refractivity contribution in [2.24, 2.45) is 0 Å². The fraction of sp³-hybridized carbons (Fsp3) is 0.350. The van der Waals surface area contributed by atoms with Crippen LogP contribution in [0.5, 0.6) is 6.01 Å². The van der Waals surface area contributed by atoms with Crippen molar-refractivity contribution in [1.29, 1.82) is 0 Å². The van der Waals surface area contributed by atoms with Gasteiger partial charge in [0.15, 0.2) is 0 Å². The summed E-state index contributed by atoms with van der Waals surface area (Å²) in [4.78, 5) is 18.9. The summed E-state index contributed by atoms with van der Waals surface area (Å²) in [5.74, 6) is 1.31. The standard InChI is InChI=1S/C20H21Cl2N5O/c1-12-18(25-11-24-12)13-5-7-27(8-6-13)19-15(10-23-20(26-19)28-2)14-3-4-16(21)17(22)9-14/h3-4,9-11,13H,5-8H2,1-2H3,(H,24,25). The number of nitrogens with zero attached hydrogens (tertiary/aromatic N) is 4. The third kappa shape index (κ3) is 3.66. The van der Waals surface area contributed by atoms with Crippen LogP contribution in [-0.2, 0) is 0 Å². The van der Waals surface area contributed by atoms with Gasteiger partial charge < -0.3 is 14.6 Å². The van der Waals surface area contributed by atoms with Gasteiger partial charge in [-0.1, -0.05) is 29.3 Å².